The topological polar surface area (TPSA) is 121 Å². The van der Waals surface area contributed by atoms with Crippen LogP contribution in [0.1, 0.15) is 56.7 Å². The highest BCUT2D eigenvalue weighted by Gasteiger charge is 2.66. The molecule has 4 atom stereocenters. The van der Waals surface area contributed by atoms with Crippen LogP contribution in [0.5, 0.6) is 0 Å². The summed E-state index contributed by atoms with van der Waals surface area (Å²) in [7, 11) is -2.81. The van der Waals surface area contributed by atoms with Gasteiger partial charge in [-0.2, -0.15) is 0 Å². The van der Waals surface area contributed by atoms with E-state index in [1.165, 1.54) is 0 Å². The van der Waals surface area contributed by atoms with Crippen LogP contribution >= 0.6 is 0 Å². The van der Waals surface area contributed by atoms with E-state index in [4.69, 9.17) is 4.74 Å². The molecule has 2 saturated heterocycles. The number of ether oxygens (including phenoxy) is 1. The summed E-state index contributed by atoms with van der Waals surface area (Å²) in [5.41, 5.74) is 1.55. The fraction of sp³-hybridized carbons (Fsp3) is 0.600. The summed E-state index contributed by atoms with van der Waals surface area (Å²) in [6.07, 6.45) is 8.65. The highest BCUT2D eigenvalue weighted by atomic mass is 28.4. The van der Waals surface area contributed by atoms with Crippen molar-refractivity contribution in [1.29, 1.82) is 0 Å². The van der Waals surface area contributed by atoms with Gasteiger partial charge in [0.1, 0.15) is 0 Å². The minimum Gasteiger partial charge on any atom is -0.432 e. The molecule has 222 valence electrons. The number of anilines is 2. The molecular weight excluding hydrogens is 538 g/mol. The first kappa shape index (κ1) is 29.6. The van der Waals surface area contributed by atoms with Gasteiger partial charge in [0.25, 0.3) is 5.91 Å². The largest absolute Gasteiger partial charge is 0.432 e. The van der Waals surface area contributed by atoms with Crippen molar-refractivity contribution in [1.82, 2.24) is 15.0 Å². The molecule has 4 heterocycles. The van der Waals surface area contributed by atoms with Crippen LogP contribution < -0.4 is 9.80 Å². The van der Waals surface area contributed by atoms with Gasteiger partial charge < -0.3 is 24.4 Å². The summed E-state index contributed by atoms with van der Waals surface area (Å²) in [6, 6.07) is 5.86. The van der Waals surface area contributed by atoms with Gasteiger partial charge in [-0.05, 0) is 50.6 Å². The van der Waals surface area contributed by atoms with Crippen LogP contribution in [0.3, 0.4) is 0 Å². The number of nitrogens with zero attached hydrogens (tertiary/aromatic N) is 5. The van der Waals surface area contributed by atoms with Crippen LogP contribution in [-0.2, 0) is 32.9 Å². The maximum atomic E-state index is 14.4. The highest BCUT2D eigenvalue weighted by Crippen LogP contribution is 2.60. The van der Waals surface area contributed by atoms with Crippen molar-refractivity contribution in [3.8, 4) is 0 Å². The Bertz CT molecular complexity index is 1290. The summed E-state index contributed by atoms with van der Waals surface area (Å²) in [5, 5.41) is 17.5. The summed E-state index contributed by atoms with van der Waals surface area (Å²) in [4.78, 5) is 42.6. The van der Waals surface area contributed by atoms with Crippen molar-refractivity contribution in [3.63, 3.8) is 0 Å². The second-order valence-corrected chi connectivity index (χ2v) is 16.2. The molecule has 2 aromatic rings. The summed E-state index contributed by atoms with van der Waals surface area (Å²) < 4.78 is 8.64. The lowest BCUT2D eigenvalue weighted by atomic mass is 9.82. The lowest BCUT2D eigenvalue weighted by Gasteiger charge is -2.32. The number of hydrogen-bond donors (Lipinski definition) is 2. The molecule has 10 nitrogen and oxygen atoms in total. The van der Waals surface area contributed by atoms with Gasteiger partial charge in [0, 0.05) is 68.0 Å². The molecule has 1 aromatic heterocycles. The Hall–Kier alpha value is -2.86. The van der Waals surface area contributed by atoms with Gasteiger partial charge in [0.15, 0.2) is 13.9 Å². The van der Waals surface area contributed by atoms with E-state index in [0.29, 0.717) is 44.6 Å². The molecule has 1 aromatic carbocycles. The van der Waals surface area contributed by atoms with E-state index in [9.17, 15) is 19.5 Å². The van der Waals surface area contributed by atoms with Crippen LogP contribution in [0.2, 0.25) is 18.6 Å². The smallest absolute Gasteiger partial charge is 0.264 e. The van der Waals surface area contributed by atoms with Gasteiger partial charge in [0.05, 0.1) is 17.5 Å². The number of hydrogen-bond acceptors (Lipinski definition) is 7. The molecule has 2 fully saturated rings. The summed E-state index contributed by atoms with van der Waals surface area (Å²) in [6.45, 7) is 11.2. The predicted molar refractivity (Wildman–Crippen MR) is 159 cm³/mol. The first-order valence-corrected chi connectivity index (χ1v) is 17.9. The Balaban J connectivity index is 1.53. The maximum absolute atomic E-state index is 14.4. The molecule has 1 spiro atoms. The molecule has 2 amide bonds. The zero-order valence-electron chi connectivity index (χ0n) is 24.5. The molecule has 3 aliphatic rings. The van der Waals surface area contributed by atoms with E-state index in [1.54, 1.807) is 15.7 Å². The minimum absolute atomic E-state index is 0.00455. The average Bonchev–Trinajstić information content (AvgIpc) is 3.56. The van der Waals surface area contributed by atoms with E-state index in [-0.39, 0.29) is 36.0 Å². The maximum Gasteiger partial charge on any atom is 0.264 e. The Morgan fingerprint density at radius 1 is 1.22 bits per heavy atom. The molecule has 11 heteroatoms. The molecular formula is C30H43N5O5Si. The lowest BCUT2D eigenvalue weighted by molar-refractivity contribution is -0.145. The second-order valence-electron chi connectivity index (χ2n) is 12.2. The monoisotopic (exact) mass is 581 g/mol. The van der Waals surface area contributed by atoms with Crippen molar-refractivity contribution in [3.05, 3.63) is 48.3 Å². The summed E-state index contributed by atoms with van der Waals surface area (Å²) in [5.74, 6) is -0.327. The standard InChI is InChI=1S/C30H43N5O5Si/c1-5-15-35-25-12-11-23(34-16-9-7-6-8-10-27(34)37)19-24(25)30(29(35)38)21(2)28(41(3,4)39)26(40-30)13-17-33-20-22(14-18-36)31-32-33/h5,11-12,19-21,26,28,36,39H,1,6-10,13-18H2,2-4H3/t21-,26+,28-,30+/m0/s1. The van der Waals surface area contributed by atoms with Gasteiger partial charge in [-0.3, -0.25) is 14.3 Å². The second kappa shape index (κ2) is 11.8. The van der Waals surface area contributed by atoms with E-state index in [2.05, 4.69) is 16.9 Å². The van der Waals surface area contributed by atoms with Gasteiger partial charge in [0.2, 0.25) is 5.91 Å². The van der Waals surface area contributed by atoms with Crippen LogP contribution in [0.4, 0.5) is 11.4 Å². The average molecular weight is 582 g/mol. The molecule has 3 aliphatic heterocycles. The van der Waals surface area contributed by atoms with E-state index < -0.39 is 13.9 Å². The number of rotatable bonds is 9. The van der Waals surface area contributed by atoms with Crippen LogP contribution in [0, 0.1) is 5.92 Å². The van der Waals surface area contributed by atoms with E-state index in [0.717, 1.165) is 42.6 Å². The highest BCUT2D eigenvalue weighted by molar-refractivity contribution is 6.71. The van der Waals surface area contributed by atoms with Crippen LogP contribution in [0.15, 0.2) is 37.1 Å². The molecule has 0 saturated carbocycles. The molecule has 0 unspecified atom stereocenters. The minimum atomic E-state index is -2.81. The number of carbonyl (C=O) groups excluding carboxylic acids is 2. The van der Waals surface area contributed by atoms with E-state index >= 15 is 0 Å². The Labute approximate surface area is 243 Å². The third-order valence-electron chi connectivity index (χ3n) is 9.01. The molecule has 0 aliphatic carbocycles. The normalized spacial score (nSPS) is 26.9. The zero-order chi connectivity index (χ0) is 29.4. The molecule has 2 N–H and O–H groups in total. The van der Waals surface area contributed by atoms with Gasteiger partial charge >= 0.3 is 0 Å². The Kier molecular flexibility index (Phi) is 8.52. The zero-order valence-corrected chi connectivity index (χ0v) is 25.5. The van der Waals surface area contributed by atoms with E-state index in [1.807, 2.05) is 49.3 Å². The number of aryl methyl sites for hydroxylation is 1. The quantitative estimate of drug-likeness (QED) is 0.343. The summed E-state index contributed by atoms with van der Waals surface area (Å²) >= 11 is 0. The van der Waals surface area contributed by atoms with Crippen molar-refractivity contribution in [2.75, 3.05) is 29.5 Å². The fourth-order valence-corrected chi connectivity index (χ4v) is 9.79. The molecule has 5 rings (SSSR count). The number of fused-ring (bicyclic) bond motifs is 2. The fourth-order valence-electron chi connectivity index (χ4n) is 7.18. The first-order chi connectivity index (χ1) is 19.6. The van der Waals surface area contributed by atoms with Crippen LogP contribution in [-0.4, -0.2) is 70.8 Å². The number of aliphatic hydroxyl groups excluding tert-OH is 1. The predicted octanol–water partition coefficient (Wildman–Crippen LogP) is 3.53. The van der Waals surface area contributed by atoms with Gasteiger partial charge in [-0.15, -0.1) is 11.7 Å². The first-order valence-electron chi connectivity index (χ1n) is 14.9. The van der Waals surface area contributed by atoms with Crippen molar-refractivity contribution in [2.45, 2.75) is 88.8 Å². The number of amides is 2. The third kappa shape index (κ3) is 5.40. The van der Waals surface area contributed by atoms with Crippen molar-refractivity contribution in [2.24, 2.45) is 5.92 Å². The van der Waals surface area contributed by atoms with Crippen molar-refractivity contribution >= 4 is 31.5 Å². The van der Waals surface area contributed by atoms with Gasteiger partial charge in [-0.1, -0.05) is 31.1 Å². The van der Waals surface area contributed by atoms with Gasteiger partial charge in [-0.25, -0.2) is 0 Å². The number of aromatic nitrogens is 3. The SMILES string of the molecule is C=CCN1C(=O)[C@]2(O[C@H](CCn3cc(CCO)nn3)[C@@H]([Si](C)(C)O)[C@@H]2C)c2cc(N3CCCCCCC3=O)ccc21. The lowest BCUT2D eigenvalue weighted by Crippen LogP contribution is -2.46. The molecule has 0 radical (unpaired) electrons. The number of aliphatic hydroxyl groups is 1. The van der Waals surface area contributed by atoms with Crippen molar-refractivity contribution < 1.29 is 24.2 Å². The van der Waals surface area contributed by atoms with Crippen LogP contribution in [0.25, 0.3) is 0 Å². The Morgan fingerprint density at radius 3 is 2.73 bits per heavy atom. The molecule has 41 heavy (non-hydrogen) atoms. The number of carbonyl (C=O) groups is 2. The molecule has 0 bridgehead atoms. The Morgan fingerprint density at radius 2 is 2.00 bits per heavy atom. The number of benzene rings is 1. The third-order valence-corrected chi connectivity index (χ3v) is 11.5.